The lowest BCUT2D eigenvalue weighted by Crippen LogP contribution is -1.98. The molecule has 0 amide bonds. The van der Waals surface area contributed by atoms with Crippen LogP contribution in [0.3, 0.4) is 0 Å². The predicted molar refractivity (Wildman–Crippen MR) is 54.8 cm³/mol. The van der Waals surface area contributed by atoms with Gasteiger partial charge in [-0.3, -0.25) is 5.10 Å². The van der Waals surface area contributed by atoms with E-state index in [0.717, 1.165) is 16.5 Å². The average Bonchev–Trinajstić information content (AvgIpc) is 2.63. The SMILES string of the molecule is OC(CBr)c1cccc2cn[nH]c12. The molecule has 2 rings (SSSR count). The van der Waals surface area contributed by atoms with Gasteiger partial charge in [-0.25, -0.2) is 0 Å². The van der Waals surface area contributed by atoms with Crippen molar-refractivity contribution in [2.45, 2.75) is 6.10 Å². The second kappa shape index (κ2) is 3.47. The minimum atomic E-state index is -0.482. The minimum Gasteiger partial charge on any atom is -0.387 e. The Morgan fingerprint density at radius 2 is 2.38 bits per heavy atom. The highest BCUT2D eigenvalue weighted by molar-refractivity contribution is 9.09. The highest BCUT2D eigenvalue weighted by Gasteiger charge is 2.10. The van der Waals surface area contributed by atoms with Crippen molar-refractivity contribution in [1.29, 1.82) is 0 Å². The Hall–Kier alpha value is -0.870. The summed E-state index contributed by atoms with van der Waals surface area (Å²) >= 11 is 3.24. The van der Waals surface area contributed by atoms with Crippen molar-refractivity contribution in [1.82, 2.24) is 10.2 Å². The maximum atomic E-state index is 9.65. The Bertz CT molecular complexity index is 413. The molecule has 3 nitrogen and oxygen atoms in total. The molecule has 1 heterocycles. The summed E-state index contributed by atoms with van der Waals surface area (Å²) in [6.07, 6.45) is 1.27. The molecule has 0 bridgehead atoms. The van der Waals surface area contributed by atoms with Gasteiger partial charge in [0.05, 0.1) is 17.8 Å². The fourth-order valence-corrected chi connectivity index (χ4v) is 1.70. The zero-order valence-electron chi connectivity index (χ0n) is 6.87. The summed E-state index contributed by atoms with van der Waals surface area (Å²) in [5.74, 6) is 0. The van der Waals surface area contributed by atoms with Crippen LogP contribution < -0.4 is 0 Å². The van der Waals surface area contributed by atoms with Gasteiger partial charge in [-0.2, -0.15) is 5.10 Å². The van der Waals surface area contributed by atoms with Gasteiger partial charge in [0.25, 0.3) is 0 Å². The van der Waals surface area contributed by atoms with Crippen LogP contribution in [0.2, 0.25) is 0 Å². The number of H-pyrrole nitrogens is 1. The van der Waals surface area contributed by atoms with E-state index >= 15 is 0 Å². The number of hydrogen-bond acceptors (Lipinski definition) is 2. The van der Waals surface area contributed by atoms with Gasteiger partial charge in [0.15, 0.2) is 0 Å². The van der Waals surface area contributed by atoms with E-state index in [-0.39, 0.29) is 0 Å². The lowest BCUT2D eigenvalue weighted by molar-refractivity contribution is 0.207. The number of fused-ring (bicyclic) bond motifs is 1. The molecule has 0 fully saturated rings. The Kier molecular flexibility index (Phi) is 2.33. The second-order valence-corrected chi connectivity index (χ2v) is 3.50. The van der Waals surface area contributed by atoms with Crippen LogP contribution in [0, 0.1) is 0 Å². The first-order valence-corrected chi connectivity index (χ1v) is 5.11. The summed E-state index contributed by atoms with van der Waals surface area (Å²) in [7, 11) is 0. The number of rotatable bonds is 2. The van der Waals surface area contributed by atoms with Gasteiger partial charge in [-0.1, -0.05) is 34.1 Å². The Morgan fingerprint density at radius 1 is 1.54 bits per heavy atom. The molecule has 4 heteroatoms. The van der Waals surface area contributed by atoms with E-state index in [1.165, 1.54) is 0 Å². The lowest BCUT2D eigenvalue weighted by Gasteiger charge is -2.07. The first-order valence-electron chi connectivity index (χ1n) is 3.99. The van der Waals surface area contributed by atoms with Crippen LogP contribution in [0.25, 0.3) is 10.9 Å². The van der Waals surface area contributed by atoms with E-state index in [2.05, 4.69) is 26.1 Å². The van der Waals surface area contributed by atoms with Gasteiger partial charge in [0, 0.05) is 16.3 Å². The molecule has 68 valence electrons. The number of benzene rings is 1. The monoisotopic (exact) mass is 240 g/mol. The molecule has 0 spiro atoms. The normalized spacial score (nSPS) is 13.4. The van der Waals surface area contributed by atoms with Crippen molar-refractivity contribution in [3.05, 3.63) is 30.0 Å². The fraction of sp³-hybridized carbons (Fsp3) is 0.222. The third-order valence-electron chi connectivity index (χ3n) is 2.01. The van der Waals surface area contributed by atoms with Crippen molar-refractivity contribution in [3.63, 3.8) is 0 Å². The number of aromatic amines is 1. The van der Waals surface area contributed by atoms with Crippen LogP contribution >= 0.6 is 15.9 Å². The molecule has 1 unspecified atom stereocenters. The number of para-hydroxylation sites is 1. The summed E-state index contributed by atoms with van der Waals surface area (Å²) < 4.78 is 0. The topological polar surface area (TPSA) is 48.9 Å². The van der Waals surface area contributed by atoms with Crippen LogP contribution in [-0.4, -0.2) is 20.6 Å². The highest BCUT2D eigenvalue weighted by atomic mass is 79.9. The van der Waals surface area contributed by atoms with Crippen molar-refractivity contribution >= 4 is 26.8 Å². The maximum absolute atomic E-state index is 9.65. The molecule has 0 radical (unpaired) electrons. The number of aliphatic hydroxyl groups excluding tert-OH is 1. The minimum absolute atomic E-state index is 0.482. The molecule has 0 aliphatic rings. The molecule has 1 aromatic heterocycles. The van der Waals surface area contributed by atoms with Gasteiger partial charge in [-0.15, -0.1) is 0 Å². The largest absolute Gasteiger partial charge is 0.387 e. The van der Waals surface area contributed by atoms with E-state index in [4.69, 9.17) is 0 Å². The molecular weight excluding hydrogens is 232 g/mol. The Morgan fingerprint density at radius 3 is 3.15 bits per heavy atom. The molecule has 0 saturated carbocycles. The first kappa shape index (κ1) is 8.72. The van der Waals surface area contributed by atoms with Crippen LogP contribution in [0.1, 0.15) is 11.7 Å². The molecule has 1 aromatic carbocycles. The summed E-state index contributed by atoms with van der Waals surface area (Å²) in [5, 5.41) is 18.0. The second-order valence-electron chi connectivity index (χ2n) is 2.85. The van der Waals surface area contributed by atoms with Gasteiger partial charge >= 0.3 is 0 Å². The molecule has 0 aliphatic carbocycles. The van der Waals surface area contributed by atoms with Gasteiger partial charge < -0.3 is 5.11 Å². The molecule has 2 N–H and O–H groups in total. The molecular formula is C9H9BrN2O. The van der Waals surface area contributed by atoms with Gasteiger partial charge in [0.2, 0.25) is 0 Å². The number of hydrogen-bond donors (Lipinski definition) is 2. The van der Waals surface area contributed by atoms with Crippen molar-refractivity contribution in [2.75, 3.05) is 5.33 Å². The predicted octanol–water partition coefficient (Wildman–Crippen LogP) is 1.99. The van der Waals surface area contributed by atoms with E-state index in [1.54, 1.807) is 6.20 Å². The number of nitrogens with zero attached hydrogens (tertiary/aromatic N) is 1. The first-order chi connectivity index (χ1) is 6.33. The number of alkyl halides is 1. The van der Waals surface area contributed by atoms with Gasteiger partial charge in [0.1, 0.15) is 0 Å². The molecule has 0 aliphatic heterocycles. The smallest absolute Gasteiger partial charge is 0.0907 e. The Balaban J connectivity index is 2.60. The third-order valence-corrected chi connectivity index (χ3v) is 2.63. The van der Waals surface area contributed by atoms with Crippen molar-refractivity contribution < 1.29 is 5.11 Å². The summed E-state index contributed by atoms with van der Waals surface area (Å²) in [5.41, 5.74) is 1.79. The third kappa shape index (κ3) is 1.47. The van der Waals surface area contributed by atoms with Gasteiger partial charge in [-0.05, 0) is 0 Å². The van der Waals surface area contributed by atoms with E-state index in [1.807, 2.05) is 18.2 Å². The Labute approximate surface area is 83.9 Å². The zero-order chi connectivity index (χ0) is 9.26. The number of nitrogens with one attached hydrogen (secondary N) is 1. The fourth-order valence-electron chi connectivity index (χ4n) is 1.35. The van der Waals surface area contributed by atoms with E-state index in [9.17, 15) is 5.11 Å². The molecule has 13 heavy (non-hydrogen) atoms. The number of aromatic nitrogens is 2. The summed E-state index contributed by atoms with van der Waals surface area (Å²) in [4.78, 5) is 0. The zero-order valence-corrected chi connectivity index (χ0v) is 8.45. The maximum Gasteiger partial charge on any atom is 0.0907 e. The number of aliphatic hydroxyl groups is 1. The highest BCUT2D eigenvalue weighted by Crippen LogP contribution is 2.23. The van der Waals surface area contributed by atoms with Crippen LogP contribution in [0.15, 0.2) is 24.4 Å². The molecule has 1 atom stereocenters. The van der Waals surface area contributed by atoms with Crippen molar-refractivity contribution in [3.8, 4) is 0 Å². The molecule has 0 saturated heterocycles. The van der Waals surface area contributed by atoms with Crippen LogP contribution in [0.5, 0.6) is 0 Å². The van der Waals surface area contributed by atoms with E-state index in [0.29, 0.717) is 5.33 Å². The van der Waals surface area contributed by atoms with Crippen molar-refractivity contribution in [2.24, 2.45) is 0 Å². The molecule has 2 aromatic rings. The average molecular weight is 241 g/mol. The lowest BCUT2D eigenvalue weighted by atomic mass is 10.1. The summed E-state index contributed by atoms with van der Waals surface area (Å²) in [6, 6.07) is 5.77. The standard InChI is InChI=1S/C9H9BrN2O/c10-4-8(13)7-3-1-2-6-5-11-12-9(6)7/h1-3,5,8,13H,4H2,(H,11,12). The van der Waals surface area contributed by atoms with E-state index < -0.39 is 6.10 Å². The number of halogens is 1. The van der Waals surface area contributed by atoms with Crippen LogP contribution in [0.4, 0.5) is 0 Å². The van der Waals surface area contributed by atoms with Crippen LogP contribution in [-0.2, 0) is 0 Å². The quantitative estimate of drug-likeness (QED) is 0.790. The summed E-state index contributed by atoms with van der Waals surface area (Å²) in [6.45, 7) is 0.